The Morgan fingerprint density at radius 1 is 0.442 bits per heavy atom. The molecular weight excluding hydrogens is 651 g/mol. The summed E-state index contributed by atoms with van der Waals surface area (Å²) in [5.74, 6) is -1.13. The van der Waals surface area contributed by atoms with Gasteiger partial charge in [0.05, 0.1) is 22.6 Å². The number of oxime groups is 2. The molecule has 8 heteroatoms. The van der Waals surface area contributed by atoms with Crippen LogP contribution in [0.2, 0.25) is 0 Å². The van der Waals surface area contributed by atoms with Crippen LogP contribution in [0.3, 0.4) is 0 Å². The van der Waals surface area contributed by atoms with Crippen LogP contribution < -0.4 is 4.90 Å². The van der Waals surface area contributed by atoms with Crippen molar-refractivity contribution in [2.24, 2.45) is 10.3 Å². The van der Waals surface area contributed by atoms with E-state index in [2.05, 4.69) is 15.2 Å². The fourth-order valence-electron chi connectivity index (χ4n) is 5.44. The summed E-state index contributed by atoms with van der Waals surface area (Å²) in [6.45, 7) is 5.51. The Labute approximate surface area is 302 Å². The Morgan fingerprint density at radius 2 is 0.827 bits per heavy atom. The van der Waals surface area contributed by atoms with Crippen LogP contribution in [-0.4, -0.2) is 29.1 Å². The van der Waals surface area contributed by atoms with E-state index in [0.717, 1.165) is 33.8 Å². The summed E-state index contributed by atoms with van der Waals surface area (Å²) >= 11 is 0. The Kier molecular flexibility index (Phi) is 10.9. The molecule has 6 rings (SSSR count). The molecule has 0 amide bonds. The molecule has 0 aliphatic heterocycles. The highest BCUT2D eigenvalue weighted by Crippen LogP contribution is 2.35. The van der Waals surface area contributed by atoms with Gasteiger partial charge < -0.3 is 14.6 Å². The van der Waals surface area contributed by atoms with Crippen LogP contribution in [0.1, 0.15) is 67.2 Å². The summed E-state index contributed by atoms with van der Waals surface area (Å²) < 4.78 is 0. The number of ketones is 1. The first kappa shape index (κ1) is 34.9. The molecule has 0 bridgehead atoms. The fourth-order valence-corrected chi connectivity index (χ4v) is 5.44. The van der Waals surface area contributed by atoms with E-state index in [1.807, 2.05) is 116 Å². The Hall–Kier alpha value is -6.93. The zero-order valence-electron chi connectivity index (χ0n) is 28.9. The molecule has 0 spiro atoms. The summed E-state index contributed by atoms with van der Waals surface area (Å²) in [4.78, 5) is 50.5. The lowest BCUT2D eigenvalue weighted by molar-refractivity contribution is 0.0508. The van der Waals surface area contributed by atoms with Gasteiger partial charge in [0.25, 0.3) is 0 Å². The molecule has 0 fully saturated rings. The van der Waals surface area contributed by atoms with E-state index in [0.29, 0.717) is 33.7 Å². The van der Waals surface area contributed by atoms with E-state index in [9.17, 15) is 14.4 Å². The van der Waals surface area contributed by atoms with Crippen LogP contribution in [0.15, 0.2) is 168 Å². The lowest BCUT2D eigenvalue weighted by atomic mass is 10.0. The van der Waals surface area contributed by atoms with E-state index >= 15 is 0 Å². The number of hydrogen-bond acceptors (Lipinski definition) is 8. The predicted molar refractivity (Wildman–Crippen MR) is 204 cm³/mol. The maximum Gasteiger partial charge on any atom is 0.365 e. The van der Waals surface area contributed by atoms with Crippen molar-refractivity contribution < 1.29 is 24.1 Å². The molecule has 0 heterocycles. The van der Waals surface area contributed by atoms with Gasteiger partial charge in [-0.2, -0.15) is 0 Å². The highest BCUT2D eigenvalue weighted by molar-refractivity contribution is 6.09. The summed E-state index contributed by atoms with van der Waals surface area (Å²) in [6, 6.07) is 47.8. The summed E-state index contributed by atoms with van der Waals surface area (Å²) in [7, 11) is 0. The second-order valence-corrected chi connectivity index (χ2v) is 12.0. The van der Waals surface area contributed by atoms with Crippen molar-refractivity contribution in [1.82, 2.24) is 0 Å². The molecule has 52 heavy (non-hydrogen) atoms. The highest BCUT2D eigenvalue weighted by atomic mass is 16.7. The summed E-state index contributed by atoms with van der Waals surface area (Å²) in [6.07, 6.45) is 0. The first-order valence-corrected chi connectivity index (χ1v) is 16.6. The van der Waals surface area contributed by atoms with E-state index < -0.39 is 11.9 Å². The van der Waals surface area contributed by atoms with Crippen molar-refractivity contribution in [2.75, 3.05) is 4.90 Å². The fraction of sp³-hybridized carbons (Fsp3) is 0.0682. The van der Waals surface area contributed by atoms with Crippen molar-refractivity contribution in [1.29, 1.82) is 0 Å². The molecule has 0 aliphatic rings. The lowest BCUT2D eigenvalue weighted by Crippen LogP contribution is -2.11. The van der Waals surface area contributed by atoms with Gasteiger partial charge in [-0.3, -0.25) is 4.79 Å². The smallest absolute Gasteiger partial charge is 0.313 e. The number of carbonyl (C=O) groups is 3. The maximum absolute atomic E-state index is 13.3. The van der Waals surface area contributed by atoms with Gasteiger partial charge >= 0.3 is 11.9 Å². The van der Waals surface area contributed by atoms with Crippen LogP contribution in [0.5, 0.6) is 0 Å². The van der Waals surface area contributed by atoms with Crippen molar-refractivity contribution in [2.45, 2.75) is 20.8 Å². The summed E-state index contributed by atoms with van der Waals surface area (Å²) in [5.41, 5.74) is 8.18. The van der Waals surface area contributed by atoms with Crippen LogP contribution in [0, 0.1) is 6.92 Å². The maximum atomic E-state index is 13.3. The third kappa shape index (κ3) is 8.43. The van der Waals surface area contributed by atoms with E-state index in [-0.39, 0.29) is 5.78 Å². The van der Waals surface area contributed by atoms with Crippen molar-refractivity contribution in [3.05, 3.63) is 197 Å². The quantitative estimate of drug-likeness (QED) is 0.0583. The van der Waals surface area contributed by atoms with Gasteiger partial charge in [-0.05, 0) is 111 Å². The topological polar surface area (TPSA) is 97.6 Å². The van der Waals surface area contributed by atoms with Gasteiger partial charge in [0.15, 0.2) is 5.78 Å². The Balaban J connectivity index is 1.27. The Bertz CT molecular complexity index is 2130. The van der Waals surface area contributed by atoms with Crippen molar-refractivity contribution >= 4 is 46.2 Å². The molecule has 0 saturated heterocycles. The average molecular weight is 686 g/mol. The van der Waals surface area contributed by atoms with E-state index in [1.54, 1.807) is 62.4 Å². The molecule has 0 N–H and O–H groups in total. The molecule has 0 aliphatic carbocycles. The first-order valence-electron chi connectivity index (χ1n) is 16.6. The molecule has 8 nitrogen and oxygen atoms in total. The minimum absolute atomic E-state index is 0.0547. The normalized spacial score (nSPS) is 11.4. The van der Waals surface area contributed by atoms with Crippen LogP contribution in [0.25, 0.3) is 0 Å². The number of rotatable bonds is 11. The predicted octanol–water partition coefficient (Wildman–Crippen LogP) is 9.86. The second-order valence-electron chi connectivity index (χ2n) is 12.0. The minimum atomic E-state index is -0.537. The van der Waals surface area contributed by atoms with Crippen molar-refractivity contribution in [3.63, 3.8) is 0 Å². The molecule has 0 saturated carbocycles. The lowest BCUT2D eigenvalue weighted by Gasteiger charge is -2.26. The van der Waals surface area contributed by atoms with Crippen LogP contribution in [-0.2, 0) is 9.68 Å². The number of benzene rings is 6. The average Bonchev–Trinajstić information content (AvgIpc) is 3.20. The van der Waals surface area contributed by atoms with Crippen molar-refractivity contribution in [3.8, 4) is 0 Å². The van der Waals surface area contributed by atoms with Gasteiger partial charge in [-0.1, -0.05) is 94.7 Å². The molecule has 6 aromatic rings. The number of nitrogens with zero attached hydrogens (tertiary/aromatic N) is 3. The zero-order valence-corrected chi connectivity index (χ0v) is 28.9. The summed E-state index contributed by atoms with van der Waals surface area (Å²) in [5, 5.41) is 8.13. The number of aryl methyl sites for hydroxylation is 1. The first-order chi connectivity index (χ1) is 25.3. The van der Waals surface area contributed by atoms with Gasteiger partial charge in [-0.15, -0.1) is 0 Å². The number of anilines is 3. The standard InChI is InChI=1S/C44H35N3O5/c1-30-11-10-16-38(29-30)42(48)35-21-27-41(28-22-35)47(39-23-17-33(18-24-39)31(2)45-51-43(49)36-12-6-4-7-13-36)40-25-19-34(20-26-40)32(3)46-52-44(50)37-14-8-5-9-15-37/h4-29H,1-3H3/b45-31+,46-32?. The van der Waals surface area contributed by atoms with Gasteiger partial charge in [0.2, 0.25) is 0 Å². The highest BCUT2D eigenvalue weighted by Gasteiger charge is 2.16. The zero-order chi connectivity index (χ0) is 36.5. The molecule has 6 aromatic carbocycles. The molecule has 0 radical (unpaired) electrons. The van der Waals surface area contributed by atoms with Crippen LogP contribution >= 0.6 is 0 Å². The Morgan fingerprint density at radius 3 is 1.23 bits per heavy atom. The monoisotopic (exact) mass is 685 g/mol. The second kappa shape index (κ2) is 16.2. The molecule has 0 atom stereocenters. The van der Waals surface area contributed by atoms with E-state index in [1.165, 1.54) is 0 Å². The third-order valence-corrected chi connectivity index (χ3v) is 8.30. The van der Waals surface area contributed by atoms with Gasteiger partial charge in [0, 0.05) is 28.2 Å². The molecule has 256 valence electrons. The molecule has 0 aromatic heterocycles. The number of hydrogen-bond donors (Lipinski definition) is 0. The van der Waals surface area contributed by atoms with E-state index in [4.69, 9.17) is 9.68 Å². The molecule has 0 unspecified atom stereocenters. The van der Waals surface area contributed by atoms with Gasteiger partial charge in [-0.25, -0.2) is 9.59 Å². The number of carbonyl (C=O) groups excluding carboxylic acids is 3. The largest absolute Gasteiger partial charge is 0.365 e. The SMILES string of the molecule is CC(=NOC(=O)c1ccccc1)c1ccc(N(c2ccc(C(=O)c3cccc(C)c3)cc2)c2ccc(/C(C)=N/OC(=O)c3ccccc3)cc2)cc1. The van der Waals surface area contributed by atoms with Gasteiger partial charge in [0.1, 0.15) is 0 Å². The van der Waals surface area contributed by atoms with Crippen LogP contribution in [0.4, 0.5) is 17.1 Å². The molecular formula is C44H35N3O5. The third-order valence-electron chi connectivity index (χ3n) is 8.30. The minimum Gasteiger partial charge on any atom is -0.313 e.